The highest BCUT2D eigenvalue weighted by Gasteiger charge is 2.35. The first kappa shape index (κ1) is 22.8. The van der Waals surface area contributed by atoms with Gasteiger partial charge >= 0.3 is 0 Å². The Morgan fingerprint density at radius 1 is 1.03 bits per heavy atom. The molecule has 0 bridgehead atoms. The third-order valence-corrected chi connectivity index (χ3v) is 7.72. The lowest BCUT2D eigenvalue weighted by Crippen LogP contribution is -2.49. The Kier molecular flexibility index (Phi) is 7.83. The fourth-order valence-corrected chi connectivity index (χ4v) is 6.04. The standard InChI is InChI=1S/C28H38N2O2/c1-29(28(23-13-4-2-5-14-23)24-15-6-3-7-16-24)26(31)19-10-20-27(32)30-21-11-17-22-12-8-9-18-25(22)30/h2-7,13-15,22,24-25,28H,8-12,16-21H2,1H3/t22?,24-,25?,28?/m1/s1. The number of rotatable bonds is 7. The molecule has 2 amide bonds. The normalized spacial score (nSPS) is 25.8. The van der Waals surface area contributed by atoms with Gasteiger partial charge in [0.15, 0.2) is 0 Å². The SMILES string of the molecule is CN(C(=O)CCCC(=O)N1CCCC2CCCCC21)C(c1ccccc1)[C@@H]1C=CC=CC1. The predicted octanol–water partition coefficient (Wildman–Crippen LogP) is 5.67. The first-order valence-corrected chi connectivity index (χ1v) is 12.6. The van der Waals surface area contributed by atoms with E-state index in [1.54, 1.807) is 0 Å². The van der Waals surface area contributed by atoms with Crippen LogP contribution in [0.1, 0.15) is 75.8 Å². The van der Waals surface area contributed by atoms with Crippen LogP contribution in [0.2, 0.25) is 0 Å². The lowest BCUT2D eigenvalue weighted by Gasteiger charge is -2.44. The van der Waals surface area contributed by atoms with Crippen LogP contribution in [0.3, 0.4) is 0 Å². The lowest BCUT2D eigenvalue weighted by molar-refractivity contribution is -0.138. The van der Waals surface area contributed by atoms with Gasteiger partial charge in [-0.05, 0) is 50.0 Å². The van der Waals surface area contributed by atoms with E-state index in [1.165, 1.54) is 37.7 Å². The summed E-state index contributed by atoms with van der Waals surface area (Å²) in [6, 6.07) is 10.8. The number of benzene rings is 1. The van der Waals surface area contributed by atoms with E-state index in [4.69, 9.17) is 0 Å². The molecular weight excluding hydrogens is 396 g/mol. The van der Waals surface area contributed by atoms with Gasteiger partial charge < -0.3 is 9.80 Å². The largest absolute Gasteiger partial charge is 0.339 e. The van der Waals surface area contributed by atoms with Gasteiger partial charge in [0.25, 0.3) is 0 Å². The summed E-state index contributed by atoms with van der Waals surface area (Å²) in [5.74, 6) is 1.37. The molecule has 172 valence electrons. The highest BCUT2D eigenvalue weighted by atomic mass is 16.2. The van der Waals surface area contributed by atoms with Crippen LogP contribution in [-0.4, -0.2) is 41.2 Å². The maximum atomic E-state index is 13.1. The van der Waals surface area contributed by atoms with E-state index in [0.29, 0.717) is 31.2 Å². The third kappa shape index (κ3) is 5.33. The quantitative estimate of drug-likeness (QED) is 0.555. The smallest absolute Gasteiger partial charge is 0.222 e. The molecule has 1 aliphatic heterocycles. The van der Waals surface area contributed by atoms with E-state index in [2.05, 4.69) is 41.3 Å². The van der Waals surface area contributed by atoms with Crippen molar-refractivity contribution in [1.29, 1.82) is 0 Å². The van der Waals surface area contributed by atoms with Gasteiger partial charge in [-0.2, -0.15) is 0 Å². The van der Waals surface area contributed by atoms with E-state index in [9.17, 15) is 9.59 Å². The molecular formula is C28H38N2O2. The number of carbonyl (C=O) groups excluding carboxylic acids is 2. The molecule has 0 aromatic heterocycles. The highest BCUT2D eigenvalue weighted by molar-refractivity contribution is 5.79. The fourth-order valence-electron chi connectivity index (χ4n) is 6.04. The molecule has 1 heterocycles. The average molecular weight is 435 g/mol. The van der Waals surface area contributed by atoms with Gasteiger partial charge in [-0.15, -0.1) is 0 Å². The molecule has 2 aliphatic carbocycles. The van der Waals surface area contributed by atoms with Crippen molar-refractivity contribution in [2.75, 3.05) is 13.6 Å². The summed E-state index contributed by atoms with van der Waals surface area (Å²) >= 11 is 0. The van der Waals surface area contributed by atoms with E-state index < -0.39 is 0 Å². The van der Waals surface area contributed by atoms with Crippen molar-refractivity contribution in [1.82, 2.24) is 9.80 Å². The maximum Gasteiger partial charge on any atom is 0.222 e. The number of likely N-dealkylation sites (tertiary alicyclic amines) is 1. The molecule has 4 nitrogen and oxygen atoms in total. The number of hydrogen-bond acceptors (Lipinski definition) is 2. The molecule has 0 radical (unpaired) electrons. The topological polar surface area (TPSA) is 40.6 Å². The van der Waals surface area contributed by atoms with Crippen LogP contribution < -0.4 is 0 Å². The number of nitrogens with zero attached hydrogens (tertiary/aromatic N) is 2. The number of hydrogen-bond donors (Lipinski definition) is 0. The summed E-state index contributed by atoms with van der Waals surface area (Å²) in [6.45, 7) is 0.908. The van der Waals surface area contributed by atoms with Crippen molar-refractivity contribution in [2.24, 2.45) is 11.8 Å². The minimum absolute atomic E-state index is 0.0192. The first-order valence-electron chi connectivity index (χ1n) is 12.6. The summed E-state index contributed by atoms with van der Waals surface area (Å²) < 4.78 is 0. The molecule has 4 heteroatoms. The summed E-state index contributed by atoms with van der Waals surface area (Å²) in [7, 11) is 1.92. The zero-order chi connectivity index (χ0) is 22.3. The van der Waals surface area contributed by atoms with Gasteiger partial charge in [0.05, 0.1) is 6.04 Å². The van der Waals surface area contributed by atoms with Crippen molar-refractivity contribution in [3.05, 3.63) is 60.2 Å². The molecule has 0 spiro atoms. The molecule has 32 heavy (non-hydrogen) atoms. The van der Waals surface area contributed by atoms with Gasteiger partial charge in [0.1, 0.15) is 0 Å². The summed E-state index contributed by atoms with van der Waals surface area (Å²) in [4.78, 5) is 30.2. The minimum atomic E-state index is 0.0192. The molecule has 1 saturated carbocycles. The molecule has 1 aromatic carbocycles. The van der Waals surface area contributed by atoms with Crippen molar-refractivity contribution in [3.63, 3.8) is 0 Å². The number of allylic oxidation sites excluding steroid dienone is 3. The molecule has 1 aromatic rings. The first-order chi connectivity index (χ1) is 15.6. The van der Waals surface area contributed by atoms with E-state index in [1.807, 2.05) is 30.1 Å². The second kappa shape index (κ2) is 11.0. The van der Waals surface area contributed by atoms with E-state index in [0.717, 1.165) is 19.4 Å². The summed E-state index contributed by atoms with van der Waals surface area (Å²) in [6.07, 6.45) is 18.5. The van der Waals surface area contributed by atoms with Crippen LogP contribution in [-0.2, 0) is 9.59 Å². The zero-order valence-corrected chi connectivity index (χ0v) is 19.5. The Hall–Kier alpha value is -2.36. The maximum absolute atomic E-state index is 13.1. The number of fused-ring (bicyclic) bond motifs is 1. The zero-order valence-electron chi connectivity index (χ0n) is 19.5. The van der Waals surface area contributed by atoms with Crippen LogP contribution in [0.5, 0.6) is 0 Å². The van der Waals surface area contributed by atoms with Crippen LogP contribution in [0, 0.1) is 11.8 Å². The van der Waals surface area contributed by atoms with Gasteiger partial charge in [0, 0.05) is 38.4 Å². The van der Waals surface area contributed by atoms with Crippen molar-refractivity contribution < 1.29 is 9.59 Å². The van der Waals surface area contributed by atoms with Crippen molar-refractivity contribution in [3.8, 4) is 0 Å². The molecule has 4 atom stereocenters. The van der Waals surface area contributed by atoms with Crippen LogP contribution in [0.25, 0.3) is 0 Å². The van der Waals surface area contributed by atoms with Crippen molar-refractivity contribution >= 4 is 11.8 Å². The van der Waals surface area contributed by atoms with Gasteiger partial charge in [-0.1, -0.05) is 67.5 Å². The number of carbonyl (C=O) groups is 2. The number of piperidine rings is 1. The summed E-state index contributed by atoms with van der Waals surface area (Å²) in [5.41, 5.74) is 1.17. The molecule has 4 rings (SSSR count). The van der Waals surface area contributed by atoms with Crippen LogP contribution >= 0.6 is 0 Å². The third-order valence-electron chi connectivity index (χ3n) is 7.72. The molecule has 3 unspecified atom stereocenters. The second-order valence-electron chi connectivity index (χ2n) is 9.77. The second-order valence-corrected chi connectivity index (χ2v) is 9.77. The molecule has 3 aliphatic rings. The Bertz CT molecular complexity index is 829. The lowest BCUT2D eigenvalue weighted by atomic mass is 9.78. The van der Waals surface area contributed by atoms with Crippen molar-refractivity contribution in [2.45, 2.75) is 76.3 Å². The van der Waals surface area contributed by atoms with Gasteiger partial charge in [0.2, 0.25) is 11.8 Å². The van der Waals surface area contributed by atoms with Crippen LogP contribution in [0.4, 0.5) is 0 Å². The molecule has 0 N–H and O–H groups in total. The Morgan fingerprint density at radius 3 is 2.59 bits per heavy atom. The highest BCUT2D eigenvalue weighted by Crippen LogP contribution is 2.36. The Labute approximate surface area is 193 Å². The summed E-state index contributed by atoms with van der Waals surface area (Å²) in [5, 5.41) is 0. The van der Waals surface area contributed by atoms with Crippen LogP contribution in [0.15, 0.2) is 54.6 Å². The number of amides is 2. The van der Waals surface area contributed by atoms with E-state index >= 15 is 0 Å². The van der Waals surface area contributed by atoms with E-state index in [-0.39, 0.29) is 23.8 Å². The average Bonchev–Trinajstić information content (AvgIpc) is 2.85. The minimum Gasteiger partial charge on any atom is -0.339 e. The van der Waals surface area contributed by atoms with Gasteiger partial charge in [-0.3, -0.25) is 9.59 Å². The Morgan fingerprint density at radius 2 is 1.81 bits per heavy atom. The predicted molar refractivity (Wildman–Crippen MR) is 129 cm³/mol. The fraction of sp³-hybridized carbons (Fsp3) is 0.571. The molecule has 1 saturated heterocycles. The molecule has 2 fully saturated rings. The monoisotopic (exact) mass is 434 g/mol. The van der Waals surface area contributed by atoms with Gasteiger partial charge in [-0.25, -0.2) is 0 Å². The Balaban J connectivity index is 1.33.